The fourth-order valence-electron chi connectivity index (χ4n) is 13.7. The highest BCUT2D eigenvalue weighted by atomic mass is 16.5. The molecule has 3 nitrogen and oxygen atoms in total. The zero-order valence-corrected chi connectivity index (χ0v) is 41.9. The predicted octanol–water partition coefficient (Wildman–Crippen LogP) is 19.1. The lowest BCUT2D eigenvalue weighted by atomic mass is 9.66. The summed E-state index contributed by atoms with van der Waals surface area (Å²) in [6, 6.07) is 104. The fraction of sp³-hybridized carbons (Fsp3) is 0.0270. The highest BCUT2D eigenvalue weighted by Gasteiger charge is 2.52. The van der Waals surface area contributed by atoms with Gasteiger partial charge < -0.3 is 14.4 Å². The molecule has 0 N–H and O–H groups in total. The Morgan fingerprint density at radius 3 is 1.04 bits per heavy atom. The smallest absolute Gasteiger partial charge is 0.132 e. The van der Waals surface area contributed by atoms with Crippen LogP contribution in [-0.2, 0) is 10.8 Å². The van der Waals surface area contributed by atoms with Crippen LogP contribution in [0, 0.1) is 0 Å². The number of ether oxygens (including phenoxy) is 2. The molecule has 16 rings (SSSR count). The lowest BCUT2D eigenvalue weighted by molar-refractivity contribution is 0.436. The van der Waals surface area contributed by atoms with Gasteiger partial charge in [0.25, 0.3) is 0 Å². The molecule has 0 fully saturated rings. The highest BCUT2D eigenvalue weighted by Crippen LogP contribution is 2.64. The van der Waals surface area contributed by atoms with Crippen molar-refractivity contribution < 1.29 is 9.47 Å². The molecule has 2 heterocycles. The van der Waals surface area contributed by atoms with Crippen molar-refractivity contribution in [2.75, 3.05) is 4.90 Å². The molecule has 0 atom stereocenters. The molecular weight excluding hydrogens is 935 g/mol. The third kappa shape index (κ3) is 6.14. The number of nitrogens with zero attached hydrogens (tertiary/aromatic N) is 1. The van der Waals surface area contributed by atoms with Gasteiger partial charge in [-0.2, -0.15) is 0 Å². The maximum atomic E-state index is 6.65. The van der Waals surface area contributed by atoms with E-state index in [0.29, 0.717) is 0 Å². The Balaban J connectivity index is 0.849. The standard InChI is InChI=1S/C74H47NO2/c1-2-20-49(21-3-1)53-22-6-14-32-67(53)75(52-42-38-48(39-43-52)50-40-44-61-57(46-50)55-24-4-8-26-59(55)73(61)63-28-10-16-34-69(63)76-70-35-17-11-29-64(70)73)68-33-15-7-23-54(68)51-41-45-62-58(47-51)56-25-5-9-27-60(56)74(62)65-30-12-18-36-71(65)77-72-37-19-13-31-66(72)74/h1-47H. The summed E-state index contributed by atoms with van der Waals surface area (Å²) >= 11 is 0. The number of rotatable bonds is 6. The maximum absolute atomic E-state index is 6.65. The minimum Gasteiger partial charge on any atom is -0.457 e. The van der Waals surface area contributed by atoms with E-state index >= 15 is 0 Å². The Bertz CT molecular complexity index is 4270. The molecule has 2 aliphatic heterocycles. The summed E-state index contributed by atoms with van der Waals surface area (Å²) in [6.45, 7) is 0. The number of hydrogen-bond donors (Lipinski definition) is 0. The van der Waals surface area contributed by atoms with Crippen LogP contribution in [0.1, 0.15) is 44.5 Å². The van der Waals surface area contributed by atoms with Gasteiger partial charge in [0.1, 0.15) is 23.0 Å². The Kier molecular flexibility index (Phi) is 9.47. The summed E-state index contributed by atoms with van der Waals surface area (Å²) in [4.78, 5) is 2.46. The van der Waals surface area contributed by atoms with Crippen molar-refractivity contribution in [2.24, 2.45) is 0 Å². The predicted molar refractivity (Wildman–Crippen MR) is 312 cm³/mol. The molecule has 12 aromatic carbocycles. The number of hydrogen-bond acceptors (Lipinski definition) is 3. The van der Waals surface area contributed by atoms with Crippen LogP contribution < -0.4 is 14.4 Å². The molecule has 0 unspecified atom stereocenters. The molecule has 0 aromatic heterocycles. The van der Waals surface area contributed by atoms with E-state index in [-0.39, 0.29) is 0 Å². The van der Waals surface area contributed by atoms with E-state index < -0.39 is 10.8 Å². The van der Waals surface area contributed by atoms with E-state index in [1.54, 1.807) is 0 Å². The minimum absolute atomic E-state index is 0.509. The van der Waals surface area contributed by atoms with E-state index in [1.807, 2.05) is 0 Å². The quantitative estimate of drug-likeness (QED) is 0.166. The topological polar surface area (TPSA) is 21.7 Å². The maximum Gasteiger partial charge on any atom is 0.132 e. The monoisotopic (exact) mass is 981 g/mol. The summed E-state index contributed by atoms with van der Waals surface area (Å²) in [6.07, 6.45) is 0. The van der Waals surface area contributed by atoms with E-state index in [2.05, 4.69) is 290 Å². The lowest BCUT2D eigenvalue weighted by Crippen LogP contribution is -2.32. The largest absolute Gasteiger partial charge is 0.457 e. The van der Waals surface area contributed by atoms with Gasteiger partial charge in [-0.05, 0) is 127 Å². The molecule has 2 spiro atoms. The van der Waals surface area contributed by atoms with Crippen molar-refractivity contribution in [1.29, 1.82) is 0 Å². The molecule has 3 heteroatoms. The first-order valence-electron chi connectivity index (χ1n) is 26.6. The first-order valence-corrected chi connectivity index (χ1v) is 26.6. The average molecular weight is 982 g/mol. The second-order valence-corrected chi connectivity index (χ2v) is 20.6. The molecular formula is C74H47NO2. The molecule has 77 heavy (non-hydrogen) atoms. The molecule has 2 aliphatic carbocycles. The van der Waals surface area contributed by atoms with E-state index in [9.17, 15) is 0 Å². The lowest BCUT2D eigenvalue weighted by Gasteiger charge is -2.39. The van der Waals surface area contributed by atoms with Crippen LogP contribution in [0.5, 0.6) is 23.0 Å². The van der Waals surface area contributed by atoms with Crippen LogP contribution in [0.3, 0.4) is 0 Å². The molecule has 0 radical (unpaired) electrons. The van der Waals surface area contributed by atoms with Gasteiger partial charge in [-0.15, -0.1) is 0 Å². The van der Waals surface area contributed by atoms with Crippen LogP contribution in [0.15, 0.2) is 285 Å². The highest BCUT2D eigenvalue weighted by molar-refractivity contribution is 5.97. The second-order valence-electron chi connectivity index (χ2n) is 20.6. The van der Waals surface area contributed by atoms with Gasteiger partial charge in [0.15, 0.2) is 0 Å². The Labute approximate surface area is 448 Å². The average Bonchev–Trinajstić information content (AvgIpc) is 4.17. The van der Waals surface area contributed by atoms with Crippen molar-refractivity contribution in [3.63, 3.8) is 0 Å². The van der Waals surface area contributed by atoms with E-state index in [4.69, 9.17) is 9.47 Å². The van der Waals surface area contributed by atoms with Gasteiger partial charge in [-0.1, -0.05) is 224 Å². The molecule has 0 amide bonds. The molecule has 360 valence electrons. The molecule has 4 aliphatic rings. The van der Waals surface area contributed by atoms with Crippen molar-refractivity contribution >= 4 is 17.1 Å². The van der Waals surface area contributed by atoms with Gasteiger partial charge >= 0.3 is 0 Å². The van der Waals surface area contributed by atoms with Crippen molar-refractivity contribution in [2.45, 2.75) is 10.8 Å². The van der Waals surface area contributed by atoms with Crippen molar-refractivity contribution in [1.82, 2.24) is 0 Å². The molecule has 0 saturated heterocycles. The van der Waals surface area contributed by atoms with Gasteiger partial charge in [-0.3, -0.25) is 0 Å². The van der Waals surface area contributed by atoms with E-state index in [0.717, 1.165) is 79.0 Å². The summed E-state index contributed by atoms with van der Waals surface area (Å²) in [5, 5.41) is 0. The zero-order valence-electron chi connectivity index (χ0n) is 41.9. The van der Waals surface area contributed by atoms with Crippen LogP contribution in [-0.4, -0.2) is 0 Å². The summed E-state index contributed by atoms with van der Waals surface area (Å²) in [7, 11) is 0. The Morgan fingerprint density at radius 1 is 0.221 bits per heavy atom. The summed E-state index contributed by atoms with van der Waals surface area (Å²) in [5.41, 5.74) is 23.8. The molecule has 12 aromatic rings. The van der Waals surface area contributed by atoms with Gasteiger partial charge in [-0.25, -0.2) is 0 Å². The summed E-state index contributed by atoms with van der Waals surface area (Å²) < 4.78 is 13.3. The summed E-state index contributed by atoms with van der Waals surface area (Å²) in [5.74, 6) is 3.58. The van der Waals surface area contributed by atoms with Crippen molar-refractivity contribution in [3.05, 3.63) is 330 Å². The van der Waals surface area contributed by atoms with E-state index in [1.165, 1.54) is 61.2 Å². The van der Waals surface area contributed by atoms with Crippen LogP contribution in [0.25, 0.3) is 55.6 Å². The van der Waals surface area contributed by atoms with Crippen molar-refractivity contribution in [3.8, 4) is 78.6 Å². The van der Waals surface area contributed by atoms with Gasteiger partial charge in [0, 0.05) is 39.1 Å². The van der Waals surface area contributed by atoms with Gasteiger partial charge in [0.2, 0.25) is 0 Å². The number of anilines is 3. The fourth-order valence-corrected chi connectivity index (χ4v) is 13.7. The van der Waals surface area contributed by atoms with Gasteiger partial charge in [0.05, 0.1) is 22.2 Å². The Morgan fingerprint density at radius 2 is 0.558 bits per heavy atom. The van der Waals surface area contributed by atoms with Crippen LogP contribution >= 0.6 is 0 Å². The molecule has 0 bridgehead atoms. The third-order valence-corrected chi connectivity index (χ3v) is 16.8. The Hall–Kier alpha value is -9.96. The zero-order chi connectivity index (χ0) is 50.7. The normalized spacial score (nSPS) is 13.9. The first-order chi connectivity index (χ1) is 38.2. The number of benzene rings is 12. The third-order valence-electron chi connectivity index (χ3n) is 16.8. The van der Waals surface area contributed by atoms with Crippen LogP contribution in [0.4, 0.5) is 17.1 Å². The SMILES string of the molecule is c1ccc(-c2ccccc2N(c2ccc(-c3ccc4c(c3)-c3ccccc3C43c4ccccc4Oc4ccccc43)cc2)c2ccccc2-c2ccc3c(c2)-c2ccccc2C32c3ccccc3Oc3ccccc32)cc1. The number of para-hydroxylation sites is 6. The minimum atomic E-state index is -0.539. The molecule has 0 saturated carbocycles. The second kappa shape index (κ2) is 16.8. The van der Waals surface area contributed by atoms with Crippen LogP contribution in [0.2, 0.25) is 0 Å². The first kappa shape index (κ1) is 43.4. The number of fused-ring (bicyclic) bond motifs is 18.